The summed E-state index contributed by atoms with van der Waals surface area (Å²) in [6.07, 6.45) is 0.927. The number of piperidine rings is 1. The van der Waals surface area contributed by atoms with E-state index in [2.05, 4.69) is 10.3 Å². The number of carbonyl (C=O) groups excluding carboxylic acids is 1. The van der Waals surface area contributed by atoms with Crippen molar-refractivity contribution in [3.05, 3.63) is 34.8 Å². The van der Waals surface area contributed by atoms with Gasteiger partial charge in [-0.05, 0) is 18.1 Å². The van der Waals surface area contributed by atoms with E-state index in [4.69, 9.17) is 0 Å². The molecule has 3 nitrogen and oxygen atoms in total. The lowest BCUT2D eigenvalue weighted by Gasteiger charge is -2.18. The zero-order chi connectivity index (χ0) is 9.54. The lowest BCUT2D eigenvalue weighted by Crippen LogP contribution is -2.40. The van der Waals surface area contributed by atoms with Gasteiger partial charge in [-0.1, -0.05) is 18.2 Å². The van der Waals surface area contributed by atoms with Crippen molar-refractivity contribution < 1.29 is 4.79 Å². The smallest absolute Gasteiger partial charge is 0.249 e. The van der Waals surface area contributed by atoms with Crippen molar-refractivity contribution in [2.45, 2.75) is 12.5 Å². The standard InChI is InChI=1S/C11H10N2O/c14-11-10-8(5-6-12-11)7-3-1-2-4-9(7)13-10/h1-4,10H,5-6H2,(H,12,14)/t10-/m0/s1. The summed E-state index contributed by atoms with van der Waals surface area (Å²) in [6.45, 7) is 0.745. The van der Waals surface area contributed by atoms with Crippen LogP contribution in [0.1, 0.15) is 6.42 Å². The second-order valence-electron chi connectivity index (χ2n) is 3.62. The van der Waals surface area contributed by atoms with Gasteiger partial charge in [-0.25, -0.2) is 0 Å². The number of amides is 1. The molecule has 3 rings (SSSR count). The van der Waals surface area contributed by atoms with E-state index in [1.807, 2.05) is 24.3 Å². The van der Waals surface area contributed by atoms with Crippen LogP contribution in [-0.4, -0.2) is 18.5 Å². The average molecular weight is 186 g/mol. The van der Waals surface area contributed by atoms with Crippen molar-refractivity contribution in [1.29, 1.82) is 0 Å². The highest BCUT2D eigenvalue weighted by Crippen LogP contribution is 2.16. The van der Waals surface area contributed by atoms with Crippen LogP contribution in [0.25, 0.3) is 5.57 Å². The Morgan fingerprint density at radius 2 is 2.21 bits per heavy atom. The molecule has 70 valence electrons. The Morgan fingerprint density at radius 3 is 3.14 bits per heavy atom. The van der Waals surface area contributed by atoms with Gasteiger partial charge in [-0.2, -0.15) is 0 Å². The highest BCUT2D eigenvalue weighted by atomic mass is 16.2. The zero-order valence-corrected chi connectivity index (χ0v) is 7.66. The fourth-order valence-corrected chi connectivity index (χ4v) is 2.13. The molecule has 0 unspecified atom stereocenters. The molecule has 1 N–H and O–H groups in total. The monoisotopic (exact) mass is 186 g/mol. The normalized spacial score (nSPS) is 23.6. The van der Waals surface area contributed by atoms with Crippen molar-refractivity contribution in [2.24, 2.45) is 4.99 Å². The largest absolute Gasteiger partial charge is 0.354 e. The molecule has 1 aromatic rings. The lowest BCUT2D eigenvalue weighted by atomic mass is 9.99. The predicted molar refractivity (Wildman–Crippen MR) is 52.0 cm³/mol. The minimum absolute atomic E-state index is 0.0439. The molecular formula is C11H10N2O. The maximum atomic E-state index is 11.5. The number of carbonyl (C=O) groups is 1. The van der Waals surface area contributed by atoms with Crippen molar-refractivity contribution in [3.63, 3.8) is 0 Å². The van der Waals surface area contributed by atoms with E-state index in [0.717, 1.165) is 23.5 Å². The highest BCUT2D eigenvalue weighted by Gasteiger charge is 2.29. The predicted octanol–water partition coefficient (Wildman–Crippen LogP) is -0.641. The summed E-state index contributed by atoms with van der Waals surface area (Å²) in [5.41, 5.74) is 1.18. The van der Waals surface area contributed by atoms with E-state index >= 15 is 0 Å². The van der Waals surface area contributed by atoms with Gasteiger partial charge in [-0.15, -0.1) is 0 Å². The van der Waals surface area contributed by atoms with Crippen LogP contribution in [0.15, 0.2) is 29.3 Å². The molecule has 0 bridgehead atoms. The van der Waals surface area contributed by atoms with Gasteiger partial charge in [0, 0.05) is 11.8 Å². The third kappa shape index (κ3) is 0.923. The Hall–Kier alpha value is -1.64. The lowest BCUT2D eigenvalue weighted by molar-refractivity contribution is -0.121. The van der Waals surface area contributed by atoms with E-state index in [1.165, 1.54) is 5.57 Å². The molecule has 1 saturated heterocycles. The van der Waals surface area contributed by atoms with Gasteiger partial charge in [0.1, 0.15) is 0 Å². The molecule has 2 heterocycles. The molecule has 2 aliphatic rings. The van der Waals surface area contributed by atoms with Gasteiger partial charge < -0.3 is 5.32 Å². The van der Waals surface area contributed by atoms with Crippen molar-refractivity contribution in [1.82, 2.24) is 5.32 Å². The van der Waals surface area contributed by atoms with Crippen molar-refractivity contribution in [3.8, 4) is 0 Å². The van der Waals surface area contributed by atoms with Crippen LogP contribution >= 0.6 is 0 Å². The Labute approximate surface area is 81.2 Å². The summed E-state index contributed by atoms with van der Waals surface area (Å²) in [7, 11) is 0. The third-order valence-electron chi connectivity index (χ3n) is 2.79. The van der Waals surface area contributed by atoms with E-state index in [9.17, 15) is 4.79 Å². The molecule has 0 aliphatic carbocycles. The minimum atomic E-state index is -0.249. The van der Waals surface area contributed by atoms with Gasteiger partial charge >= 0.3 is 0 Å². The summed E-state index contributed by atoms with van der Waals surface area (Å²) in [4.78, 5) is 15.9. The van der Waals surface area contributed by atoms with Crippen molar-refractivity contribution in [2.75, 3.05) is 6.54 Å². The summed E-state index contributed by atoms with van der Waals surface area (Å²) < 4.78 is 0. The molecular weight excluding hydrogens is 176 g/mol. The number of benzene rings is 1. The second-order valence-corrected chi connectivity index (χ2v) is 3.62. The first-order valence-corrected chi connectivity index (χ1v) is 4.80. The number of nitrogens with zero attached hydrogens (tertiary/aromatic N) is 1. The van der Waals surface area contributed by atoms with Crippen LogP contribution in [0.5, 0.6) is 0 Å². The molecule has 1 amide bonds. The first-order chi connectivity index (χ1) is 6.86. The summed E-state index contributed by atoms with van der Waals surface area (Å²) in [5, 5.41) is 4.96. The van der Waals surface area contributed by atoms with Crippen LogP contribution in [0, 0.1) is 0 Å². The maximum absolute atomic E-state index is 11.5. The number of nitrogens with one attached hydrogen (secondary N) is 1. The van der Waals surface area contributed by atoms with Crippen molar-refractivity contribution >= 4 is 11.5 Å². The van der Waals surface area contributed by atoms with Gasteiger partial charge in [0.15, 0.2) is 6.04 Å². The van der Waals surface area contributed by atoms with E-state index in [1.54, 1.807) is 0 Å². The van der Waals surface area contributed by atoms with Gasteiger partial charge in [0.05, 0.1) is 5.36 Å². The van der Waals surface area contributed by atoms with E-state index in [0.29, 0.717) is 0 Å². The molecule has 0 spiro atoms. The molecule has 1 fully saturated rings. The third-order valence-corrected chi connectivity index (χ3v) is 2.79. The van der Waals surface area contributed by atoms with Gasteiger partial charge in [0.25, 0.3) is 0 Å². The first-order valence-electron chi connectivity index (χ1n) is 4.80. The summed E-state index contributed by atoms with van der Waals surface area (Å²) in [6, 6.07) is 7.72. The van der Waals surface area contributed by atoms with Crippen LogP contribution < -0.4 is 15.9 Å². The molecule has 1 atom stereocenters. The molecule has 2 aliphatic heterocycles. The van der Waals surface area contributed by atoms with E-state index in [-0.39, 0.29) is 11.9 Å². The molecule has 0 radical (unpaired) electrons. The molecule has 0 saturated carbocycles. The maximum Gasteiger partial charge on any atom is 0.249 e. The van der Waals surface area contributed by atoms with Crippen LogP contribution in [-0.2, 0) is 4.79 Å². The quantitative estimate of drug-likeness (QED) is 0.575. The Morgan fingerprint density at radius 1 is 1.36 bits per heavy atom. The summed E-state index contributed by atoms with van der Waals surface area (Å²) in [5.74, 6) is 0.0439. The van der Waals surface area contributed by atoms with Gasteiger partial charge in [0.2, 0.25) is 5.91 Å². The first kappa shape index (κ1) is 7.74. The second kappa shape index (κ2) is 2.67. The fourth-order valence-electron chi connectivity index (χ4n) is 2.13. The average Bonchev–Trinajstić information content (AvgIpc) is 2.59. The summed E-state index contributed by atoms with van der Waals surface area (Å²) >= 11 is 0. The number of fused-ring (bicyclic) bond motifs is 2. The molecule has 14 heavy (non-hydrogen) atoms. The minimum Gasteiger partial charge on any atom is -0.354 e. The Kier molecular flexibility index (Phi) is 1.48. The molecule has 3 heteroatoms. The van der Waals surface area contributed by atoms with Crippen LogP contribution in [0.3, 0.4) is 0 Å². The Bertz CT molecular complexity index is 518. The number of hydrogen-bond acceptors (Lipinski definition) is 2. The van der Waals surface area contributed by atoms with E-state index < -0.39 is 0 Å². The SMILES string of the molecule is O=C1NCCC2=c3ccccc3=N[C@H]12. The van der Waals surface area contributed by atoms with Crippen LogP contribution in [0.4, 0.5) is 0 Å². The highest BCUT2D eigenvalue weighted by molar-refractivity contribution is 5.94. The topological polar surface area (TPSA) is 41.5 Å². The van der Waals surface area contributed by atoms with Gasteiger partial charge in [-0.3, -0.25) is 9.79 Å². The fraction of sp³-hybridized carbons (Fsp3) is 0.273. The molecule has 0 aromatic heterocycles. The number of para-hydroxylation sites is 1. The molecule has 1 aromatic carbocycles. The number of hydrogen-bond donors (Lipinski definition) is 1. The zero-order valence-electron chi connectivity index (χ0n) is 7.66. The Balaban J connectivity index is 2.31. The van der Waals surface area contributed by atoms with Crippen LogP contribution in [0.2, 0.25) is 0 Å². The number of rotatable bonds is 0.